The monoisotopic (exact) mass is 267 g/mol. The summed E-state index contributed by atoms with van der Waals surface area (Å²) in [4.78, 5) is 28.5. The molecule has 0 bridgehead atoms. The van der Waals surface area contributed by atoms with Crippen LogP contribution in [0.3, 0.4) is 0 Å². The van der Waals surface area contributed by atoms with Gasteiger partial charge in [0.05, 0.1) is 5.69 Å². The van der Waals surface area contributed by atoms with Gasteiger partial charge < -0.3 is 20.6 Å². The molecule has 2 heterocycles. The molecule has 18 heavy (non-hydrogen) atoms. The Bertz CT molecular complexity index is 661. The molecule has 8 heteroatoms. The number of H-pyrrole nitrogens is 1. The van der Waals surface area contributed by atoms with Crippen LogP contribution in [0.4, 0.5) is 9.93 Å². The average Bonchev–Trinajstić information content (AvgIpc) is 2.68. The number of anilines is 1. The van der Waals surface area contributed by atoms with Crippen LogP contribution >= 0.6 is 11.3 Å². The van der Waals surface area contributed by atoms with E-state index < -0.39 is 11.7 Å². The van der Waals surface area contributed by atoms with E-state index in [9.17, 15) is 9.59 Å². The number of carboxylic acid groups (broad SMARTS) is 1. The normalized spacial score (nSPS) is 10.3. The van der Waals surface area contributed by atoms with Gasteiger partial charge in [-0.3, -0.25) is 4.79 Å². The van der Waals surface area contributed by atoms with Gasteiger partial charge in [0, 0.05) is 16.6 Å². The summed E-state index contributed by atoms with van der Waals surface area (Å²) >= 11 is 1.25. The molecule has 0 amide bonds. The standard InChI is InChI=1S/C10H9N3O4S/c1-4-5(6-3-18-9(11)13-6)2-7(8(14)12-4)17-10(15)16/h2-3H,1H3,(H2,11,13)(H,12,14)(H,15,16). The highest BCUT2D eigenvalue weighted by Gasteiger charge is 2.13. The fourth-order valence-electron chi connectivity index (χ4n) is 1.45. The first-order valence-electron chi connectivity index (χ1n) is 4.83. The van der Waals surface area contributed by atoms with Gasteiger partial charge in [-0.15, -0.1) is 11.3 Å². The number of pyridine rings is 1. The van der Waals surface area contributed by atoms with Crippen molar-refractivity contribution in [2.24, 2.45) is 0 Å². The first-order chi connectivity index (χ1) is 8.47. The van der Waals surface area contributed by atoms with Crippen LogP contribution in [0, 0.1) is 6.92 Å². The van der Waals surface area contributed by atoms with E-state index in [1.54, 1.807) is 12.3 Å². The van der Waals surface area contributed by atoms with Crippen molar-refractivity contribution in [2.75, 3.05) is 5.73 Å². The van der Waals surface area contributed by atoms with Gasteiger partial charge in [-0.1, -0.05) is 0 Å². The van der Waals surface area contributed by atoms with Crippen LogP contribution in [0.25, 0.3) is 11.3 Å². The molecule has 4 N–H and O–H groups in total. The number of aryl methyl sites for hydroxylation is 1. The highest BCUT2D eigenvalue weighted by molar-refractivity contribution is 7.13. The second-order valence-corrected chi connectivity index (χ2v) is 4.33. The first kappa shape index (κ1) is 12.1. The van der Waals surface area contributed by atoms with Crippen molar-refractivity contribution in [2.45, 2.75) is 6.92 Å². The number of hydrogen-bond donors (Lipinski definition) is 3. The maximum Gasteiger partial charge on any atom is 0.511 e. The molecule has 0 radical (unpaired) electrons. The summed E-state index contributed by atoms with van der Waals surface area (Å²) in [5.41, 5.74) is 6.60. The third-order valence-electron chi connectivity index (χ3n) is 2.20. The summed E-state index contributed by atoms with van der Waals surface area (Å²) in [6.45, 7) is 1.68. The zero-order valence-corrected chi connectivity index (χ0v) is 10.1. The van der Waals surface area contributed by atoms with E-state index in [0.717, 1.165) is 0 Å². The molecule has 2 rings (SSSR count). The van der Waals surface area contributed by atoms with Crippen LogP contribution in [0.2, 0.25) is 0 Å². The van der Waals surface area contributed by atoms with E-state index in [4.69, 9.17) is 10.8 Å². The Balaban J connectivity index is 2.54. The van der Waals surface area contributed by atoms with Crippen molar-refractivity contribution in [1.82, 2.24) is 9.97 Å². The summed E-state index contributed by atoms with van der Waals surface area (Å²) in [7, 11) is 0. The Hall–Kier alpha value is -2.35. The van der Waals surface area contributed by atoms with Gasteiger partial charge in [0.15, 0.2) is 10.9 Å². The van der Waals surface area contributed by atoms with E-state index in [0.29, 0.717) is 22.1 Å². The van der Waals surface area contributed by atoms with Crippen LogP contribution in [-0.2, 0) is 0 Å². The molecule has 0 spiro atoms. The molecular formula is C10H9N3O4S. The van der Waals surface area contributed by atoms with Crippen LogP contribution < -0.4 is 16.0 Å². The van der Waals surface area contributed by atoms with Crippen LogP contribution in [0.5, 0.6) is 5.75 Å². The SMILES string of the molecule is Cc1[nH]c(=O)c(OC(=O)O)cc1-c1csc(N)n1. The number of nitrogens with zero attached hydrogens (tertiary/aromatic N) is 1. The molecule has 0 fully saturated rings. The van der Waals surface area contributed by atoms with Crippen molar-refractivity contribution in [1.29, 1.82) is 0 Å². The number of ether oxygens (including phenoxy) is 1. The summed E-state index contributed by atoms with van der Waals surface area (Å²) in [5, 5.41) is 10.6. The topological polar surface area (TPSA) is 118 Å². The lowest BCUT2D eigenvalue weighted by atomic mass is 10.1. The number of nitrogen functional groups attached to an aromatic ring is 1. The smallest absolute Gasteiger partial charge is 0.449 e. The molecule has 0 aliphatic carbocycles. The predicted octanol–water partition coefficient (Wildman–Crippen LogP) is 1.45. The molecule has 0 atom stereocenters. The molecule has 2 aromatic heterocycles. The molecule has 0 aromatic carbocycles. The van der Waals surface area contributed by atoms with Gasteiger partial charge in [-0.2, -0.15) is 0 Å². The second-order valence-electron chi connectivity index (χ2n) is 3.44. The second kappa shape index (κ2) is 4.49. The summed E-state index contributed by atoms with van der Waals surface area (Å²) in [6.07, 6.45) is -1.55. The maximum atomic E-state index is 11.5. The predicted molar refractivity (Wildman–Crippen MR) is 66.0 cm³/mol. The van der Waals surface area contributed by atoms with Crippen molar-refractivity contribution in [3.8, 4) is 17.0 Å². The Morgan fingerprint density at radius 3 is 2.89 bits per heavy atom. The molecule has 0 saturated carbocycles. The molecule has 0 aliphatic rings. The number of aromatic amines is 1. The van der Waals surface area contributed by atoms with Gasteiger partial charge in [-0.25, -0.2) is 9.78 Å². The molecule has 0 aliphatic heterocycles. The van der Waals surface area contributed by atoms with E-state index in [1.807, 2.05) is 0 Å². The summed E-state index contributed by atoms with van der Waals surface area (Å²) in [5.74, 6) is -0.297. The number of nitrogens with one attached hydrogen (secondary N) is 1. The highest BCUT2D eigenvalue weighted by Crippen LogP contribution is 2.26. The van der Waals surface area contributed by atoms with Crippen molar-refractivity contribution >= 4 is 22.6 Å². The van der Waals surface area contributed by atoms with Crippen molar-refractivity contribution < 1.29 is 14.6 Å². The third-order valence-corrected chi connectivity index (χ3v) is 2.87. The Labute approximate surface area is 105 Å². The minimum absolute atomic E-state index is 0.297. The molecule has 2 aromatic rings. The summed E-state index contributed by atoms with van der Waals surface area (Å²) < 4.78 is 4.39. The Morgan fingerprint density at radius 2 is 2.33 bits per heavy atom. The third kappa shape index (κ3) is 2.33. The van der Waals surface area contributed by atoms with E-state index in [2.05, 4.69) is 14.7 Å². The number of carbonyl (C=O) groups is 1. The average molecular weight is 267 g/mol. The number of hydrogen-bond acceptors (Lipinski definition) is 6. The van der Waals surface area contributed by atoms with Crippen molar-refractivity contribution in [3.63, 3.8) is 0 Å². The van der Waals surface area contributed by atoms with Gasteiger partial charge >= 0.3 is 6.16 Å². The number of aromatic nitrogens is 2. The van der Waals surface area contributed by atoms with Gasteiger partial charge in [0.25, 0.3) is 5.56 Å². The van der Waals surface area contributed by atoms with Crippen LogP contribution in [0.15, 0.2) is 16.2 Å². The number of thiazole rings is 1. The number of rotatable bonds is 2. The minimum Gasteiger partial charge on any atom is -0.449 e. The molecule has 94 valence electrons. The van der Waals surface area contributed by atoms with Gasteiger partial charge in [0.1, 0.15) is 0 Å². The first-order valence-corrected chi connectivity index (χ1v) is 5.71. The number of nitrogens with two attached hydrogens (primary N) is 1. The fraction of sp³-hybridized carbons (Fsp3) is 0.100. The quantitative estimate of drug-likeness (QED) is 0.708. The Morgan fingerprint density at radius 1 is 1.61 bits per heavy atom. The lowest BCUT2D eigenvalue weighted by Gasteiger charge is -2.05. The molecule has 0 unspecified atom stereocenters. The lowest BCUT2D eigenvalue weighted by Crippen LogP contribution is -2.16. The van der Waals surface area contributed by atoms with Crippen LogP contribution in [0.1, 0.15) is 5.69 Å². The zero-order valence-electron chi connectivity index (χ0n) is 9.26. The van der Waals surface area contributed by atoms with E-state index in [-0.39, 0.29) is 5.75 Å². The summed E-state index contributed by atoms with van der Waals surface area (Å²) in [6, 6.07) is 1.33. The largest absolute Gasteiger partial charge is 0.511 e. The van der Waals surface area contributed by atoms with E-state index >= 15 is 0 Å². The highest BCUT2D eigenvalue weighted by atomic mass is 32.1. The fourth-order valence-corrected chi connectivity index (χ4v) is 2.01. The minimum atomic E-state index is -1.55. The lowest BCUT2D eigenvalue weighted by molar-refractivity contribution is 0.144. The van der Waals surface area contributed by atoms with Crippen molar-refractivity contribution in [3.05, 3.63) is 27.5 Å². The molecule has 0 saturated heterocycles. The molecular weight excluding hydrogens is 258 g/mol. The van der Waals surface area contributed by atoms with Crippen LogP contribution in [-0.4, -0.2) is 21.2 Å². The Kier molecular flexibility index (Phi) is 3.02. The van der Waals surface area contributed by atoms with Gasteiger partial charge in [-0.05, 0) is 13.0 Å². The molecule has 7 nitrogen and oxygen atoms in total. The maximum absolute atomic E-state index is 11.5. The van der Waals surface area contributed by atoms with E-state index in [1.165, 1.54) is 17.4 Å². The van der Waals surface area contributed by atoms with Gasteiger partial charge in [0.2, 0.25) is 0 Å². The zero-order chi connectivity index (χ0) is 13.3.